The van der Waals surface area contributed by atoms with Gasteiger partial charge in [0.25, 0.3) is 0 Å². The average molecular weight is 195 g/mol. The standard InChI is InChI=1S/C11H21N3/c1-2-3-11(12)13-9-6-7-14(8-9)10-4-5-10/h9-10H,2-8H2,1H3,(H2,12,13). The predicted molar refractivity (Wildman–Crippen MR) is 59.5 cm³/mol. The van der Waals surface area contributed by atoms with E-state index >= 15 is 0 Å². The number of hydrogen-bond acceptors (Lipinski definition) is 2. The van der Waals surface area contributed by atoms with E-state index in [9.17, 15) is 0 Å². The second-order valence-corrected chi connectivity index (χ2v) is 4.54. The number of nitrogens with zero attached hydrogens (tertiary/aromatic N) is 2. The molecule has 0 aromatic heterocycles. The molecule has 2 fully saturated rings. The number of rotatable bonds is 4. The van der Waals surface area contributed by atoms with Crippen molar-refractivity contribution in [1.82, 2.24) is 4.90 Å². The van der Waals surface area contributed by atoms with Crippen molar-refractivity contribution in [2.75, 3.05) is 13.1 Å². The molecule has 2 rings (SSSR count). The fourth-order valence-corrected chi connectivity index (χ4v) is 2.20. The van der Waals surface area contributed by atoms with Crippen LogP contribution in [-0.2, 0) is 0 Å². The molecule has 14 heavy (non-hydrogen) atoms. The summed E-state index contributed by atoms with van der Waals surface area (Å²) in [6.45, 7) is 4.53. The summed E-state index contributed by atoms with van der Waals surface area (Å²) in [6.07, 6.45) is 6.08. The van der Waals surface area contributed by atoms with Crippen molar-refractivity contribution in [1.29, 1.82) is 0 Å². The van der Waals surface area contributed by atoms with Gasteiger partial charge in [-0.05, 0) is 25.7 Å². The normalized spacial score (nSPS) is 29.8. The van der Waals surface area contributed by atoms with Gasteiger partial charge in [0.2, 0.25) is 0 Å². The van der Waals surface area contributed by atoms with Crippen molar-refractivity contribution >= 4 is 5.84 Å². The van der Waals surface area contributed by atoms with Crippen molar-refractivity contribution in [2.45, 2.75) is 51.1 Å². The van der Waals surface area contributed by atoms with E-state index < -0.39 is 0 Å². The molecule has 0 radical (unpaired) electrons. The summed E-state index contributed by atoms with van der Waals surface area (Å²) < 4.78 is 0. The molecule has 0 aromatic carbocycles. The minimum atomic E-state index is 0.488. The number of nitrogens with two attached hydrogens (primary N) is 1. The quantitative estimate of drug-likeness (QED) is 0.544. The highest BCUT2D eigenvalue weighted by Gasteiger charge is 2.34. The highest BCUT2D eigenvalue weighted by Crippen LogP contribution is 2.30. The van der Waals surface area contributed by atoms with Gasteiger partial charge in [0.15, 0.2) is 0 Å². The molecule has 3 heteroatoms. The largest absolute Gasteiger partial charge is 0.387 e. The summed E-state index contributed by atoms with van der Waals surface area (Å²) in [5, 5.41) is 0. The van der Waals surface area contributed by atoms with Crippen molar-refractivity contribution in [3.8, 4) is 0 Å². The van der Waals surface area contributed by atoms with Crippen LogP contribution in [-0.4, -0.2) is 35.9 Å². The van der Waals surface area contributed by atoms with Crippen LogP contribution in [0, 0.1) is 0 Å². The Kier molecular flexibility index (Phi) is 3.06. The molecular weight excluding hydrogens is 174 g/mol. The lowest BCUT2D eigenvalue weighted by atomic mass is 10.2. The molecule has 1 saturated heterocycles. The zero-order chi connectivity index (χ0) is 9.97. The van der Waals surface area contributed by atoms with Crippen LogP contribution < -0.4 is 5.73 Å². The van der Waals surface area contributed by atoms with E-state index in [-0.39, 0.29) is 0 Å². The van der Waals surface area contributed by atoms with E-state index in [1.165, 1.54) is 25.8 Å². The van der Waals surface area contributed by atoms with E-state index in [0.29, 0.717) is 6.04 Å². The molecule has 1 aliphatic carbocycles. The van der Waals surface area contributed by atoms with E-state index in [4.69, 9.17) is 5.73 Å². The lowest BCUT2D eigenvalue weighted by Gasteiger charge is -2.13. The molecule has 0 aromatic rings. The van der Waals surface area contributed by atoms with Crippen LogP contribution in [0.15, 0.2) is 4.99 Å². The van der Waals surface area contributed by atoms with Gasteiger partial charge in [-0.1, -0.05) is 6.92 Å². The Morgan fingerprint density at radius 3 is 2.86 bits per heavy atom. The maximum absolute atomic E-state index is 5.83. The van der Waals surface area contributed by atoms with Crippen LogP contribution in [0.2, 0.25) is 0 Å². The molecular formula is C11H21N3. The fraction of sp³-hybridized carbons (Fsp3) is 0.909. The molecule has 0 amide bonds. The van der Waals surface area contributed by atoms with Gasteiger partial charge >= 0.3 is 0 Å². The first-order valence-corrected chi connectivity index (χ1v) is 5.85. The third-order valence-corrected chi connectivity index (χ3v) is 3.11. The Hall–Kier alpha value is -0.570. The minimum absolute atomic E-state index is 0.488. The maximum atomic E-state index is 5.83. The van der Waals surface area contributed by atoms with Crippen molar-refractivity contribution in [3.05, 3.63) is 0 Å². The molecule has 0 bridgehead atoms. The molecule has 80 valence electrons. The van der Waals surface area contributed by atoms with Gasteiger partial charge in [-0.2, -0.15) is 0 Å². The third-order valence-electron chi connectivity index (χ3n) is 3.11. The molecule has 1 saturated carbocycles. The smallest absolute Gasteiger partial charge is 0.0940 e. The first-order chi connectivity index (χ1) is 6.79. The minimum Gasteiger partial charge on any atom is -0.387 e. The Bertz CT molecular complexity index is 221. The van der Waals surface area contributed by atoms with Crippen LogP contribution >= 0.6 is 0 Å². The molecule has 1 aliphatic heterocycles. The number of likely N-dealkylation sites (tertiary alicyclic amines) is 1. The zero-order valence-electron chi connectivity index (χ0n) is 9.08. The monoisotopic (exact) mass is 195 g/mol. The molecule has 2 N–H and O–H groups in total. The lowest BCUT2D eigenvalue weighted by Crippen LogP contribution is -2.24. The van der Waals surface area contributed by atoms with Gasteiger partial charge in [-0.15, -0.1) is 0 Å². The summed E-state index contributed by atoms with van der Waals surface area (Å²) in [7, 11) is 0. The molecule has 1 heterocycles. The van der Waals surface area contributed by atoms with Crippen LogP contribution in [0.1, 0.15) is 39.0 Å². The topological polar surface area (TPSA) is 41.6 Å². The summed E-state index contributed by atoms with van der Waals surface area (Å²) in [4.78, 5) is 7.16. The van der Waals surface area contributed by atoms with Gasteiger partial charge in [0.05, 0.1) is 11.9 Å². The maximum Gasteiger partial charge on any atom is 0.0940 e. The Labute approximate surface area is 86.4 Å². The first-order valence-electron chi connectivity index (χ1n) is 5.85. The van der Waals surface area contributed by atoms with Gasteiger partial charge < -0.3 is 5.73 Å². The van der Waals surface area contributed by atoms with Crippen molar-refractivity contribution < 1.29 is 0 Å². The molecule has 3 nitrogen and oxygen atoms in total. The van der Waals surface area contributed by atoms with Gasteiger partial charge in [0.1, 0.15) is 0 Å². The lowest BCUT2D eigenvalue weighted by molar-refractivity contribution is 0.324. The summed E-state index contributed by atoms with van der Waals surface area (Å²) in [5.74, 6) is 0.857. The highest BCUT2D eigenvalue weighted by molar-refractivity contribution is 5.80. The summed E-state index contributed by atoms with van der Waals surface area (Å²) >= 11 is 0. The van der Waals surface area contributed by atoms with Crippen LogP contribution in [0.3, 0.4) is 0 Å². The number of hydrogen-bond donors (Lipinski definition) is 1. The van der Waals surface area contributed by atoms with Crippen LogP contribution in [0.5, 0.6) is 0 Å². The molecule has 1 unspecified atom stereocenters. The molecule has 1 atom stereocenters. The third kappa shape index (κ3) is 2.47. The summed E-state index contributed by atoms with van der Waals surface area (Å²) in [6, 6.07) is 1.38. The first kappa shape index (κ1) is 9.97. The van der Waals surface area contributed by atoms with E-state index in [1.54, 1.807) is 0 Å². The highest BCUT2D eigenvalue weighted by atomic mass is 15.2. The Balaban J connectivity index is 1.79. The van der Waals surface area contributed by atoms with Crippen LogP contribution in [0.4, 0.5) is 0 Å². The fourth-order valence-electron chi connectivity index (χ4n) is 2.20. The second-order valence-electron chi connectivity index (χ2n) is 4.54. The van der Waals surface area contributed by atoms with Crippen molar-refractivity contribution in [3.63, 3.8) is 0 Å². The molecule has 2 aliphatic rings. The molecule has 0 spiro atoms. The van der Waals surface area contributed by atoms with E-state index in [2.05, 4.69) is 16.8 Å². The Morgan fingerprint density at radius 2 is 2.21 bits per heavy atom. The predicted octanol–water partition coefficient (Wildman–Crippen LogP) is 1.38. The van der Waals surface area contributed by atoms with Gasteiger partial charge in [-0.25, -0.2) is 0 Å². The Morgan fingerprint density at radius 1 is 1.43 bits per heavy atom. The average Bonchev–Trinajstić information content (AvgIpc) is 2.89. The van der Waals surface area contributed by atoms with Gasteiger partial charge in [0, 0.05) is 25.6 Å². The van der Waals surface area contributed by atoms with E-state index in [1.807, 2.05) is 0 Å². The number of amidine groups is 1. The summed E-state index contributed by atoms with van der Waals surface area (Å²) in [5.41, 5.74) is 5.83. The second kappa shape index (κ2) is 4.30. The van der Waals surface area contributed by atoms with Crippen LogP contribution in [0.25, 0.3) is 0 Å². The van der Waals surface area contributed by atoms with Crippen molar-refractivity contribution in [2.24, 2.45) is 10.7 Å². The van der Waals surface area contributed by atoms with E-state index in [0.717, 1.165) is 31.3 Å². The van der Waals surface area contributed by atoms with Gasteiger partial charge in [-0.3, -0.25) is 9.89 Å². The SMILES string of the molecule is CCCC(N)=NC1CCN(C2CC2)C1. The zero-order valence-corrected chi connectivity index (χ0v) is 9.08. The number of aliphatic imine (C=N–C) groups is 1.